The molecule has 0 bridgehead atoms. The van der Waals surface area contributed by atoms with E-state index in [2.05, 4.69) is 12.1 Å². The molecule has 0 saturated carbocycles. The summed E-state index contributed by atoms with van der Waals surface area (Å²) in [5.41, 5.74) is 1.08. The van der Waals surface area contributed by atoms with Crippen LogP contribution in [0, 0.1) is 0 Å². The second kappa shape index (κ2) is 4.89. The lowest BCUT2D eigenvalue weighted by molar-refractivity contribution is -0.642. The Morgan fingerprint density at radius 1 is 1.00 bits per heavy atom. The third-order valence-corrected chi connectivity index (χ3v) is 4.85. The van der Waals surface area contributed by atoms with Crippen LogP contribution in [0.4, 0.5) is 0 Å². The second-order valence-electron chi connectivity index (χ2n) is 6.21. The van der Waals surface area contributed by atoms with Crippen molar-refractivity contribution in [2.75, 3.05) is 13.9 Å². The standard InChI is InChI=1S/C20H15NO4.H/c1-21-9-15-12(5-6-16(23-2)20(15)22)13-4-3-11-7-17-18(25-10-24-17)8-14(11)19(13)21;/h3-9H,10H2,1-2H3;/q;-1/p+1. The van der Waals surface area contributed by atoms with Crippen molar-refractivity contribution in [1.29, 1.82) is 0 Å². The van der Waals surface area contributed by atoms with Crippen LogP contribution >= 0.6 is 0 Å². The number of pyridine rings is 1. The Hall–Kier alpha value is -3.21. The highest BCUT2D eigenvalue weighted by atomic mass is 16.7. The van der Waals surface area contributed by atoms with E-state index in [1.165, 1.54) is 0 Å². The number of aromatic hydroxyl groups is 1. The third-order valence-electron chi connectivity index (χ3n) is 4.85. The van der Waals surface area contributed by atoms with Crippen molar-refractivity contribution >= 4 is 32.4 Å². The first-order chi connectivity index (χ1) is 12.2. The summed E-state index contributed by atoms with van der Waals surface area (Å²) >= 11 is 0. The summed E-state index contributed by atoms with van der Waals surface area (Å²) in [6, 6.07) is 12.0. The van der Waals surface area contributed by atoms with Crippen LogP contribution in [0.25, 0.3) is 32.4 Å². The SMILES string of the molecule is COc1ccc2c(c[n+](C)c3c4cc5c(cc4ccc23)OCO5)c1O.[H-]. The Morgan fingerprint density at radius 2 is 1.76 bits per heavy atom. The normalized spacial score (nSPS) is 13.0. The Bertz CT molecular complexity index is 1190. The fourth-order valence-corrected chi connectivity index (χ4v) is 3.67. The summed E-state index contributed by atoms with van der Waals surface area (Å²) in [5, 5.41) is 15.5. The zero-order chi connectivity index (χ0) is 17.1. The summed E-state index contributed by atoms with van der Waals surface area (Å²) in [6.45, 7) is 0.256. The van der Waals surface area contributed by atoms with Crippen molar-refractivity contribution in [1.82, 2.24) is 0 Å². The van der Waals surface area contributed by atoms with Crippen molar-refractivity contribution in [3.05, 3.63) is 42.6 Å². The molecule has 1 aliphatic heterocycles. The Morgan fingerprint density at radius 3 is 2.56 bits per heavy atom. The molecule has 0 aliphatic carbocycles. The molecule has 0 unspecified atom stereocenters. The molecule has 25 heavy (non-hydrogen) atoms. The molecular weight excluding hydrogens is 318 g/mol. The molecule has 0 radical (unpaired) electrons. The molecule has 0 atom stereocenters. The van der Waals surface area contributed by atoms with Gasteiger partial charge in [-0.2, -0.15) is 4.57 Å². The van der Waals surface area contributed by atoms with Gasteiger partial charge in [-0.3, -0.25) is 0 Å². The molecule has 5 heteroatoms. The summed E-state index contributed by atoms with van der Waals surface area (Å²) in [4.78, 5) is 0. The minimum absolute atomic E-state index is 0. The maximum atomic E-state index is 10.5. The minimum atomic E-state index is 0. The largest absolute Gasteiger partial charge is 1.00 e. The number of ether oxygens (including phenoxy) is 3. The zero-order valence-electron chi connectivity index (χ0n) is 14.9. The smallest absolute Gasteiger partial charge is 0.231 e. The molecule has 3 aromatic carbocycles. The van der Waals surface area contributed by atoms with Gasteiger partial charge < -0.3 is 20.7 Å². The van der Waals surface area contributed by atoms with Gasteiger partial charge in [0, 0.05) is 5.39 Å². The summed E-state index contributed by atoms with van der Waals surface area (Å²) in [7, 11) is 3.53. The molecule has 2 heterocycles. The van der Waals surface area contributed by atoms with Crippen LogP contribution < -0.4 is 18.8 Å². The Kier molecular flexibility index (Phi) is 2.77. The topological polar surface area (TPSA) is 51.8 Å². The molecule has 5 nitrogen and oxygen atoms in total. The number of aryl methyl sites for hydroxylation is 1. The molecular formula is C20H17NO4. The van der Waals surface area contributed by atoms with E-state index in [0.29, 0.717) is 5.75 Å². The number of benzene rings is 3. The van der Waals surface area contributed by atoms with Gasteiger partial charge in [0.2, 0.25) is 12.3 Å². The molecule has 0 amide bonds. The fourth-order valence-electron chi connectivity index (χ4n) is 3.67. The number of aromatic nitrogens is 1. The molecule has 4 aromatic rings. The van der Waals surface area contributed by atoms with Gasteiger partial charge in [-0.15, -0.1) is 0 Å². The van der Waals surface area contributed by atoms with E-state index in [-0.39, 0.29) is 14.0 Å². The number of rotatable bonds is 1. The van der Waals surface area contributed by atoms with E-state index in [1.807, 2.05) is 36.0 Å². The molecule has 1 aliphatic rings. The average Bonchev–Trinajstić information content (AvgIpc) is 3.07. The van der Waals surface area contributed by atoms with E-state index in [4.69, 9.17) is 14.2 Å². The highest BCUT2D eigenvalue weighted by molar-refractivity contribution is 6.15. The average molecular weight is 335 g/mol. The molecule has 5 rings (SSSR count). The van der Waals surface area contributed by atoms with Gasteiger partial charge in [-0.1, -0.05) is 6.07 Å². The molecule has 0 fully saturated rings. The number of fused-ring (bicyclic) bond motifs is 6. The lowest BCUT2D eigenvalue weighted by atomic mass is 10.00. The Labute approximate surface area is 145 Å². The summed E-state index contributed by atoms with van der Waals surface area (Å²) < 4.78 is 18.3. The molecule has 1 aromatic heterocycles. The second-order valence-corrected chi connectivity index (χ2v) is 6.21. The van der Waals surface area contributed by atoms with E-state index in [0.717, 1.165) is 43.9 Å². The van der Waals surface area contributed by atoms with Crippen LogP contribution in [0.3, 0.4) is 0 Å². The highest BCUT2D eigenvalue weighted by Gasteiger charge is 2.21. The Balaban J connectivity index is 0.00000168. The third kappa shape index (κ3) is 1.86. The fraction of sp³-hybridized carbons (Fsp3) is 0.150. The number of nitrogens with zero attached hydrogens (tertiary/aromatic N) is 1. The molecule has 126 valence electrons. The van der Waals surface area contributed by atoms with Crippen molar-refractivity contribution in [2.45, 2.75) is 0 Å². The summed E-state index contributed by atoms with van der Waals surface area (Å²) in [6.07, 6.45) is 1.93. The van der Waals surface area contributed by atoms with Gasteiger partial charge in [0.05, 0.1) is 23.3 Å². The number of methoxy groups -OCH3 is 1. The van der Waals surface area contributed by atoms with Crippen LogP contribution in [0.2, 0.25) is 0 Å². The minimum Gasteiger partial charge on any atom is -1.00 e. The lowest BCUT2D eigenvalue weighted by Crippen LogP contribution is -2.28. The van der Waals surface area contributed by atoms with Crippen LogP contribution in [-0.2, 0) is 7.05 Å². The van der Waals surface area contributed by atoms with Gasteiger partial charge in [-0.25, -0.2) is 0 Å². The van der Waals surface area contributed by atoms with E-state index in [1.54, 1.807) is 13.2 Å². The first kappa shape index (κ1) is 14.2. The predicted molar refractivity (Wildman–Crippen MR) is 95.6 cm³/mol. The number of hydrogen-bond acceptors (Lipinski definition) is 4. The van der Waals surface area contributed by atoms with Crippen molar-refractivity contribution < 1.29 is 25.3 Å². The first-order valence-corrected chi connectivity index (χ1v) is 8.02. The highest BCUT2D eigenvalue weighted by Crippen LogP contribution is 2.41. The van der Waals surface area contributed by atoms with Crippen molar-refractivity contribution in [2.24, 2.45) is 7.05 Å². The zero-order valence-corrected chi connectivity index (χ0v) is 13.9. The maximum absolute atomic E-state index is 10.5. The van der Waals surface area contributed by atoms with Crippen LogP contribution in [0.1, 0.15) is 1.43 Å². The monoisotopic (exact) mass is 335 g/mol. The van der Waals surface area contributed by atoms with E-state index >= 15 is 0 Å². The van der Waals surface area contributed by atoms with Gasteiger partial charge in [0.25, 0.3) is 0 Å². The number of phenolic OH excluding ortho intramolecular Hbond substituents is 1. The van der Waals surface area contributed by atoms with Gasteiger partial charge >= 0.3 is 0 Å². The van der Waals surface area contributed by atoms with Gasteiger partial charge in [0.15, 0.2) is 29.2 Å². The predicted octanol–water partition coefficient (Wildman–Crippen LogP) is 3.53. The number of hydrogen-bond donors (Lipinski definition) is 1. The van der Waals surface area contributed by atoms with Crippen LogP contribution in [0.15, 0.2) is 42.6 Å². The molecule has 1 N–H and O–H groups in total. The van der Waals surface area contributed by atoms with E-state index < -0.39 is 0 Å². The maximum Gasteiger partial charge on any atom is 0.231 e. The van der Waals surface area contributed by atoms with Crippen LogP contribution in [-0.4, -0.2) is 19.0 Å². The first-order valence-electron chi connectivity index (χ1n) is 8.02. The van der Waals surface area contributed by atoms with Crippen molar-refractivity contribution in [3.63, 3.8) is 0 Å². The quantitative estimate of drug-likeness (QED) is 0.427. The van der Waals surface area contributed by atoms with Gasteiger partial charge in [-0.05, 0) is 35.7 Å². The van der Waals surface area contributed by atoms with E-state index in [9.17, 15) is 5.11 Å². The summed E-state index contributed by atoms with van der Waals surface area (Å²) in [5.74, 6) is 2.16. The molecule has 0 spiro atoms. The lowest BCUT2D eigenvalue weighted by Gasteiger charge is -2.10. The molecule has 0 saturated heterocycles. The van der Waals surface area contributed by atoms with Gasteiger partial charge in [0.1, 0.15) is 7.05 Å². The van der Waals surface area contributed by atoms with Crippen molar-refractivity contribution in [3.8, 4) is 23.0 Å². The van der Waals surface area contributed by atoms with Crippen LogP contribution in [0.5, 0.6) is 23.0 Å². The number of phenols is 1.